The average Bonchev–Trinajstić information content (AvgIpc) is 2.40. The second kappa shape index (κ2) is 5.57. The third-order valence-corrected chi connectivity index (χ3v) is 2.80. The molecule has 1 N–H and O–H groups in total. The second-order valence-electron chi connectivity index (χ2n) is 3.40. The van der Waals surface area contributed by atoms with Gasteiger partial charge in [0.2, 0.25) is 0 Å². The molecule has 83 valence electrons. The van der Waals surface area contributed by atoms with E-state index in [-0.39, 0.29) is 5.91 Å². The normalized spacial score (nSPS) is 9.59. The zero-order valence-corrected chi connectivity index (χ0v) is 10.4. The van der Waals surface area contributed by atoms with Crippen molar-refractivity contribution in [3.05, 3.63) is 66.0 Å². The maximum atomic E-state index is 11.9. The minimum absolute atomic E-state index is 0.113. The van der Waals surface area contributed by atoms with Crippen LogP contribution in [0.1, 0.15) is 15.9 Å². The van der Waals surface area contributed by atoms with Crippen molar-refractivity contribution in [3.63, 3.8) is 0 Å². The van der Waals surface area contributed by atoms with E-state index in [9.17, 15) is 4.79 Å². The van der Waals surface area contributed by atoms with Crippen LogP contribution < -0.4 is 5.32 Å². The van der Waals surface area contributed by atoms with Crippen molar-refractivity contribution in [3.8, 4) is 0 Å². The molecule has 0 atom stereocenters. The molecule has 1 heterocycles. The average molecular weight is 261 g/mol. The molecule has 1 amide bonds. The first kappa shape index (κ1) is 11.8. The van der Waals surface area contributed by atoms with Crippen LogP contribution >= 0.6 is 0 Å². The summed E-state index contributed by atoms with van der Waals surface area (Å²) >= 11 is 2.36. The summed E-state index contributed by atoms with van der Waals surface area (Å²) in [6, 6.07) is 12.8. The Hall–Kier alpha value is -1.71. The Labute approximate surface area is 108 Å². The van der Waals surface area contributed by atoms with Crippen LogP contribution in [0.25, 0.3) is 0 Å². The topological polar surface area (TPSA) is 42.0 Å². The van der Waals surface area contributed by atoms with Crippen molar-refractivity contribution in [2.45, 2.75) is 0 Å². The molecule has 3 nitrogen and oxygen atoms in total. The minimum atomic E-state index is -0.113. The van der Waals surface area contributed by atoms with Crippen LogP contribution in [0.2, 0.25) is 0 Å². The molecule has 1 aromatic heterocycles. The number of amides is 1. The first-order valence-electron chi connectivity index (χ1n) is 5.10. The van der Waals surface area contributed by atoms with E-state index < -0.39 is 0 Å². The van der Waals surface area contributed by atoms with Gasteiger partial charge >= 0.3 is 108 Å². The Morgan fingerprint density at radius 1 is 1.00 bits per heavy atom. The van der Waals surface area contributed by atoms with Gasteiger partial charge in [0.05, 0.1) is 0 Å². The maximum absolute atomic E-state index is 11.9. The van der Waals surface area contributed by atoms with Crippen molar-refractivity contribution in [2.24, 2.45) is 0 Å². The van der Waals surface area contributed by atoms with E-state index in [0.717, 1.165) is 9.91 Å². The van der Waals surface area contributed by atoms with Crippen LogP contribution in [-0.4, -0.2) is 15.2 Å². The molecule has 0 radical (unpaired) electrons. The molecule has 0 saturated carbocycles. The molecule has 0 aliphatic carbocycles. The van der Waals surface area contributed by atoms with E-state index in [0.29, 0.717) is 5.56 Å². The fourth-order valence-electron chi connectivity index (χ4n) is 1.35. The summed E-state index contributed by atoms with van der Waals surface area (Å²) in [5.41, 5.74) is 1.58. The first-order valence-corrected chi connectivity index (χ1v) is 5.80. The Morgan fingerprint density at radius 3 is 2.29 bits per heavy atom. The number of rotatable bonds is 3. The molecular weight excluding hydrogens is 251 g/mol. The number of carbonyl (C=O) groups is 1. The predicted octanol–water partition coefficient (Wildman–Crippen LogP) is 1.54. The summed E-state index contributed by atoms with van der Waals surface area (Å²) in [6.07, 6.45) is 3.38. The molecule has 0 saturated heterocycles. The van der Waals surface area contributed by atoms with Gasteiger partial charge in [-0.1, -0.05) is 0 Å². The van der Waals surface area contributed by atoms with E-state index in [1.807, 2.05) is 30.3 Å². The number of hydrogen-bond donors (Lipinski definition) is 1. The number of hydrogen-bond acceptors (Lipinski definition) is 2. The van der Waals surface area contributed by atoms with Crippen LogP contribution in [0.4, 0.5) is 0 Å². The van der Waals surface area contributed by atoms with Crippen LogP contribution in [0.5, 0.6) is 0 Å². The van der Waals surface area contributed by atoms with Gasteiger partial charge in [-0.2, -0.15) is 0 Å². The number of nitrogens with zero attached hydrogens (tertiary/aromatic N) is 1. The molecule has 0 unspecified atom stereocenters. The zero-order valence-electron chi connectivity index (χ0n) is 9.00. The van der Waals surface area contributed by atoms with Gasteiger partial charge in [0.25, 0.3) is 0 Å². The molecule has 2 aromatic rings. The number of nitrogens with one attached hydrogen (secondary N) is 1. The van der Waals surface area contributed by atoms with Crippen molar-refractivity contribution < 1.29 is 21.8 Å². The van der Waals surface area contributed by atoms with Crippen LogP contribution in [0.15, 0.2) is 54.9 Å². The summed E-state index contributed by atoms with van der Waals surface area (Å²) < 4.78 is 0.758. The zero-order chi connectivity index (χ0) is 12.1. The quantitative estimate of drug-likeness (QED) is 0.910. The van der Waals surface area contributed by atoms with Crippen molar-refractivity contribution in [1.82, 2.24) is 10.3 Å². The van der Waals surface area contributed by atoms with E-state index >= 15 is 0 Å². The fraction of sp³-hybridized carbons (Fsp3) is 0. The summed E-state index contributed by atoms with van der Waals surface area (Å²) in [5.74, 6) is -0.113. The van der Waals surface area contributed by atoms with Crippen LogP contribution in [0, 0.1) is 0 Å². The van der Waals surface area contributed by atoms with Crippen LogP contribution in [-0.2, 0) is 17.0 Å². The molecule has 0 bridgehead atoms. The molecule has 0 fully saturated rings. The van der Waals surface area contributed by atoms with Crippen molar-refractivity contribution in [1.29, 1.82) is 0 Å². The van der Waals surface area contributed by atoms with Gasteiger partial charge in [-0.15, -0.1) is 0 Å². The Bertz CT molecular complexity index is 476. The van der Waals surface area contributed by atoms with Gasteiger partial charge in [-0.05, 0) is 0 Å². The Morgan fingerprint density at radius 2 is 1.65 bits per heavy atom. The monoisotopic (exact) mass is 261 g/mol. The van der Waals surface area contributed by atoms with Gasteiger partial charge in [0.1, 0.15) is 0 Å². The first-order chi connectivity index (χ1) is 8.27. The number of carbonyl (C=O) groups excluding carboxylic acids is 1. The number of aromatic nitrogens is 1. The fourth-order valence-corrected chi connectivity index (χ4v) is 1.74. The third kappa shape index (κ3) is 3.13. The molecule has 0 aliphatic rings. The predicted molar refractivity (Wildman–Crippen MR) is 62.3 cm³/mol. The molecular formula is C13H10N2OV. The number of pyridine rings is 1. The molecule has 0 spiro atoms. The van der Waals surface area contributed by atoms with Gasteiger partial charge in [-0.3, -0.25) is 0 Å². The standard InChI is InChI=1S/C13H10N2O.V/c16-13(12-4-2-1-3-5-12)15-10-11-6-8-14-9-7-11;/h1-9H,(H,15,16);. The second-order valence-corrected chi connectivity index (χ2v) is 4.10. The third-order valence-electron chi connectivity index (χ3n) is 2.22. The van der Waals surface area contributed by atoms with E-state index in [1.54, 1.807) is 24.5 Å². The molecule has 4 heteroatoms. The summed E-state index contributed by atoms with van der Waals surface area (Å²) in [5, 5.41) is 2.83. The summed E-state index contributed by atoms with van der Waals surface area (Å²) in [6.45, 7) is 0. The van der Waals surface area contributed by atoms with Crippen molar-refractivity contribution >= 4 is 10.3 Å². The van der Waals surface area contributed by atoms with E-state index in [4.69, 9.17) is 0 Å². The SMILES string of the molecule is O=C(N[C](=[V])c1ccncc1)c1ccccc1. The molecule has 0 aliphatic heterocycles. The van der Waals surface area contributed by atoms with Gasteiger partial charge in [-0.25, -0.2) is 0 Å². The molecule has 17 heavy (non-hydrogen) atoms. The summed E-state index contributed by atoms with van der Waals surface area (Å²) in [7, 11) is 0. The molecule has 1 aromatic carbocycles. The number of benzene rings is 1. The molecule has 2 rings (SSSR count). The van der Waals surface area contributed by atoms with Crippen LogP contribution in [0.3, 0.4) is 0 Å². The Kier molecular flexibility index (Phi) is 3.86. The van der Waals surface area contributed by atoms with Gasteiger partial charge in [0, 0.05) is 0 Å². The van der Waals surface area contributed by atoms with E-state index in [2.05, 4.69) is 27.3 Å². The van der Waals surface area contributed by atoms with Crippen molar-refractivity contribution in [2.75, 3.05) is 0 Å². The van der Waals surface area contributed by atoms with Gasteiger partial charge < -0.3 is 0 Å². The Balaban J connectivity index is 2.08. The van der Waals surface area contributed by atoms with Gasteiger partial charge in [0.15, 0.2) is 0 Å². The summed E-state index contributed by atoms with van der Waals surface area (Å²) in [4.78, 5) is 15.8. The van der Waals surface area contributed by atoms with E-state index in [1.165, 1.54) is 0 Å².